The number of nitro benzene ring substituents is 1. The molecule has 0 aromatic heterocycles. The Labute approximate surface area is 243 Å². The number of nitrogens with one attached hydrogen (secondary N) is 1. The summed E-state index contributed by atoms with van der Waals surface area (Å²) < 4.78 is 46.8. The molecular weight excluding hydrogens is 605 g/mol. The lowest BCUT2D eigenvalue weighted by Crippen LogP contribution is -2.50. The van der Waals surface area contributed by atoms with E-state index in [1.54, 1.807) is 0 Å². The number of anilines is 2. The first-order valence-corrected chi connectivity index (χ1v) is 14.3. The quantitative estimate of drug-likeness (QED) is 0.232. The van der Waals surface area contributed by atoms with Crippen LogP contribution >= 0.6 is 15.9 Å². The second-order valence-corrected chi connectivity index (χ2v) is 11.4. The molecule has 2 fully saturated rings. The number of halogens is 4. The van der Waals surface area contributed by atoms with Gasteiger partial charge in [0.05, 0.1) is 11.0 Å². The van der Waals surface area contributed by atoms with Crippen LogP contribution in [0.3, 0.4) is 0 Å². The molecule has 1 saturated carbocycles. The molecule has 1 amide bonds. The maximum absolute atomic E-state index is 13.3. The van der Waals surface area contributed by atoms with Gasteiger partial charge in [-0.3, -0.25) is 14.9 Å². The fourth-order valence-electron chi connectivity index (χ4n) is 5.52. The Morgan fingerprint density at radius 3 is 2.34 bits per heavy atom. The van der Waals surface area contributed by atoms with E-state index in [1.165, 1.54) is 16.8 Å². The van der Waals surface area contributed by atoms with Gasteiger partial charge in [0.1, 0.15) is 12.2 Å². The van der Waals surface area contributed by atoms with Crippen molar-refractivity contribution in [3.05, 3.63) is 74.7 Å². The number of hydrogen-bond acceptors (Lipinski definition) is 6. The van der Waals surface area contributed by atoms with Crippen LogP contribution in [0.25, 0.3) is 10.8 Å². The lowest BCUT2D eigenvalue weighted by atomic mass is 9.92. The smallest absolute Gasteiger partial charge is 0.382 e. The molecule has 1 N–H and O–H groups in total. The Balaban J connectivity index is 1.05. The third-order valence-corrected chi connectivity index (χ3v) is 8.26. The van der Waals surface area contributed by atoms with Crippen molar-refractivity contribution in [2.45, 2.75) is 44.0 Å². The first kappa shape index (κ1) is 29.1. The molecule has 1 heterocycles. The van der Waals surface area contributed by atoms with E-state index < -0.39 is 22.4 Å². The zero-order valence-corrected chi connectivity index (χ0v) is 23.8. The van der Waals surface area contributed by atoms with Gasteiger partial charge in [-0.05, 0) is 72.9 Å². The Kier molecular flexibility index (Phi) is 8.69. The number of hydrogen-bond donors (Lipinski definition) is 1. The van der Waals surface area contributed by atoms with E-state index in [0.29, 0.717) is 38.8 Å². The van der Waals surface area contributed by atoms with Gasteiger partial charge in [0.15, 0.2) is 0 Å². The fraction of sp³-hybridized carbons (Fsp3) is 0.414. The first-order valence-electron chi connectivity index (χ1n) is 13.5. The third kappa shape index (κ3) is 7.10. The van der Waals surface area contributed by atoms with Crippen molar-refractivity contribution in [3.63, 3.8) is 0 Å². The highest BCUT2D eigenvalue weighted by molar-refractivity contribution is 9.10. The molecule has 2 aliphatic rings. The van der Waals surface area contributed by atoms with E-state index >= 15 is 0 Å². The number of amides is 1. The van der Waals surface area contributed by atoms with Gasteiger partial charge in [0.2, 0.25) is 5.91 Å². The lowest BCUT2D eigenvalue weighted by Gasteiger charge is -2.36. The van der Waals surface area contributed by atoms with E-state index in [-0.39, 0.29) is 30.3 Å². The SMILES string of the molecule is O=C(CO[C@H]1CC[C@H](Nc2ccc([N+](=O)[O-])c(C(F)(F)F)c2)CC1)N1CCN(c2ccc3cc(Br)ccc3c2)CC1. The van der Waals surface area contributed by atoms with Crippen LogP contribution in [0.5, 0.6) is 0 Å². The van der Waals surface area contributed by atoms with E-state index in [2.05, 4.69) is 56.5 Å². The van der Waals surface area contributed by atoms with Gasteiger partial charge in [0, 0.05) is 54.1 Å². The van der Waals surface area contributed by atoms with Gasteiger partial charge in [-0.25, -0.2) is 0 Å². The summed E-state index contributed by atoms with van der Waals surface area (Å²) >= 11 is 3.50. The van der Waals surface area contributed by atoms with E-state index in [9.17, 15) is 28.1 Å². The largest absolute Gasteiger partial charge is 0.423 e. The van der Waals surface area contributed by atoms with Crippen molar-refractivity contribution in [1.29, 1.82) is 0 Å². The number of carbonyl (C=O) groups excluding carboxylic acids is 1. The Morgan fingerprint density at radius 1 is 0.976 bits per heavy atom. The zero-order valence-electron chi connectivity index (χ0n) is 22.2. The second-order valence-electron chi connectivity index (χ2n) is 10.5. The van der Waals surface area contributed by atoms with Gasteiger partial charge >= 0.3 is 6.18 Å². The van der Waals surface area contributed by atoms with Crippen LogP contribution in [0.2, 0.25) is 0 Å². The Hall–Kier alpha value is -3.38. The van der Waals surface area contributed by atoms with Crippen LogP contribution in [0, 0.1) is 10.1 Å². The van der Waals surface area contributed by atoms with Gasteiger partial charge < -0.3 is 19.9 Å². The fourth-order valence-corrected chi connectivity index (χ4v) is 5.90. The minimum atomic E-state index is -4.82. The molecule has 0 spiro atoms. The summed E-state index contributed by atoms with van der Waals surface area (Å²) in [7, 11) is 0. The number of rotatable bonds is 7. The number of nitrogens with zero attached hydrogens (tertiary/aromatic N) is 3. The summed E-state index contributed by atoms with van der Waals surface area (Å²) in [6, 6.07) is 15.5. The number of nitro groups is 1. The van der Waals surface area contributed by atoms with Crippen LogP contribution < -0.4 is 10.2 Å². The number of fused-ring (bicyclic) bond motifs is 1. The molecule has 1 aliphatic carbocycles. The van der Waals surface area contributed by atoms with Crippen molar-refractivity contribution >= 4 is 49.7 Å². The summed E-state index contributed by atoms with van der Waals surface area (Å²) in [5.41, 5.74) is -0.904. The molecule has 1 aliphatic heterocycles. The molecule has 0 radical (unpaired) electrons. The highest BCUT2D eigenvalue weighted by atomic mass is 79.9. The summed E-state index contributed by atoms with van der Waals surface area (Å²) in [6.07, 6.45) is -2.29. The molecule has 12 heteroatoms. The monoisotopic (exact) mass is 634 g/mol. The Morgan fingerprint density at radius 2 is 1.66 bits per heavy atom. The van der Waals surface area contributed by atoms with Crippen LogP contribution in [0.15, 0.2) is 59.1 Å². The van der Waals surface area contributed by atoms with E-state index in [1.807, 2.05) is 11.0 Å². The summed E-state index contributed by atoms with van der Waals surface area (Å²) in [5, 5.41) is 16.4. The maximum Gasteiger partial charge on any atom is 0.423 e. The number of alkyl halides is 3. The minimum absolute atomic E-state index is 0.00487. The predicted molar refractivity (Wildman–Crippen MR) is 154 cm³/mol. The topological polar surface area (TPSA) is 87.9 Å². The van der Waals surface area contributed by atoms with Crippen molar-refractivity contribution in [2.24, 2.45) is 0 Å². The molecule has 1 saturated heterocycles. The maximum atomic E-state index is 13.3. The predicted octanol–water partition coefficient (Wildman–Crippen LogP) is 6.62. The van der Waals surface area contributed by atoms with Crippen molar-refractivity contribution in [1.82, 2.24) is 4.90 Å². The van der Waals surface area contributed by atoms with Crippen molar-refractivity contribution < 1.29 is 27.6 Å². The Bertz CT molecular complexity index is 1420. The van der Waals surface area contributed by atoms with Crippen LogP contribution in [-0.4, -0.2) is 60.7 Å². The van der Waals surface area contributed by atoms with E-state index in [0.717, 1.165) is 35.4 Å². The molecule has 8 nitrogen and oxygen atoms in total. The number of piperazine rings is 1. The summed E-state index contributed by atoms with van der Waals surface area (Å²) in [5.74, 6) is -0.0428. The van der Waals surface area contributed by atoms with Crippen LogP contribution in [0.4, 0.5) is 30.2 Å². The summed E-state index contributed by atoms with van der Waals surface area (Å²) in [6.45, 7) is 2.72. The average molecular weight is 635 g/mol. The molecule has 0 unspecified atom stereocenters. The highest BCUT2D eigenvalue weighted by Gasteiger charge is 2.38. The lowest BCUT2D eigenvalue weighted by molar-refractivity contribution is -0.388. The number of carbonyl (C=O) groups is 1. The van der Waals surface area contributed by atoms with E-state index in [4.69, 9.17) is 4.74 Å². The van der Waals surface area contributed by atoms with Gasteiger partial charge in [-0.15, -0.1) is 0 Å². The minimum Gasteiger partial charge on any atom is -0.382 e. The standard InChI is InChI=1S/C29H30BrF3N4O4/c30-21-3-1-20-16-24(7-2-19(20)15-21)35-11-13-36(14-12-35)28(38)18-41-25-8-4-22(5-9-25)34-23-6-10-27(37(39)40)26(17-23)29(31,32)33/h1-3,6-7,10,15-17,22,25,34H,4-5,8-9,11-14,18H2/t22-,25-. The molecule has 0 bridgehead atoms. The molecule has 0 atom stereocenters. The first-order chi connectivity index (χ1) is 19.6. The van der Waals surface area contributed by atoms with Crippen molar-refractivity contribution in [3.8, 4) is 0 Å². The molecule has 3 aromatic rings. The van der Waals surface area contributed by atoms with Crippen LogP contribution in [0.1, 0.15) is 31.2 Å². The number of ether oxygens (including phenoxy) is 1. The van der Waals surface area contributed by atoms with Gasteiger partial charge in [-0.1, -0.05) is 28.1 Å². The normalized spacial score (nSPS) is 19.8. The third-order valence-electron chi connectivity index (χ3n) is 7.77. The number of benzene rings is 3. The second kappa shape index (κ2) is 12.2. The molecular formula is C29H30BrF3N4O4. The van der Waals surface area contributed by atoms with Crippen molar-refractivity contribution in [2.75, 3.05) is 43.0 Å². The zero-order chi connectivity index (χ0) is 29.1. The molecule has 41 heavy (non-hydrogen) atoms. The highest BCUT2D eigenvalue weighted by Crippen LogP contribution is 2.38. The average Bonchev–Trinajstić information content (AvgIpc) is 2.96. The molecule has 5 rings (SSSR count). The van der Waals surface area contributed by atoms with Gasteiger partial charge in [0.25, 0.3) is 5.69 Å². The molecule has 3 aromatic carbocycles. The summed E-state index contributed by atoms with van der Waals surface area (Å²) in [4.78, 5) is 26.9. The van der Waals surface area contributed by atoms with Crippen LogP contribution in [-0.2, 0) is 15.7 Å². The molecule has 218 valence electrons. The van der Waals surface area contributed by atoms with Gasteiger partial charge in [-0.2, -0.15) is 13.2 Å².